The number of fused-ring (bicyclic) bond motifs is 1. The number of nitrogens with zero attached hydrogens (tertiary/aromatic N) is 5. The molecule has 0 saturated carbocycles. The molecule has 0 N–H and O–H groups in total. The van der Waals surface area contributed by atoms with Crippen molar-refractivity contribution in [1.29, 1.82) is 0 Å². The van der Waals surface area contributed by atoms with Gasteiger partial charge in [0.05, 0.1) is 50.0 Å². The van der Waals surface area contributed by atoms with Crippen molar-refractivity contribution in [3.8, 4) is 22.9 Å². The van der Waals surface area contributed by atoms with E-state index < -0.39 is 0 Å². The van der Waals surface area contributed by atoms with Gasteiger partial charge in [0, 0.05) is 31.5 Å². The third-order valence-corrected chi connectivity index (χ3v) is 5.00. The van der Waals surface area contributed by atoms with Gasteiger partial charge in [-0.05, 0) is 25.1 Å². The molecule has 1 aliphatic rings. The first-order chi connectivity index (χ1) is 14.6. The Morgan fingerprint density at radius 2 is 1.97 bits per heavy atom. The largest absolute Gasteiger partial charge is 0.491 e. The van der Waals surface area contributed by atoms with E-state index in [0.29, 0.717) is 54.1 Å². The fraction of sp³-hybridized carbons (Fsp3) is 0.333. The summed E-state index contributed by atoms with van der Waals surface area (Å²) < 4.78 is 17.6. The number of pyridine rings is 2. The number of methoxy groups -OCH3 is 3. The molecule has 4 heterocycles. The van der Waals surface area contributed by atoms with Crippen molar-refractivity contribution in [3.05, 3.63) is 47.4 Å². The highest BCUT2D eigenvalue weighted by atomic mass is 16.5. The summed E-state index contributed by atoms with van der Waals surface area (Å²) in [6, 6.07) is 7.30. The molecule has 0 spiro atoms. The number of carbonyl (C=O) groups excluding carboxylic acids is 1. The van der Waals surface area contributed by atoms with Crippen LogP contribution in [0.5, 0.6) is 11.6 Å². The Bertz CT molecular complexity index is 1090. The normalized spacial score (nSPS) is 12.9. The SMILES string of the molecule is CCn1nc(N2Cc3nc(-c4cnc(OC)c(OC)c4)ccc3C2=O)cc1COC. The molecule has 0 radical (unpaired) electrons. The van der Waals surface area contributed by atoms with E-state index in [1.807, 2.05) is 29.8 Å². The summed E-state index contributed by atoms with van der Waals surface area (Å²) in [6.07, 6.45) is 1.67. The van der Waals surface area contributed by atoms with Crippen LogP contribution in [-0.4, -0.2) is 47.0 Å². The average molecular weight is 409 g/mol. The van der Waals surface area contributed by atoms with Crippen molar-refractivity contribution in [3.63, 3.8) is 0 Å². The standard InChI is InChI=1S/C21H23N5O4/c1-5-26-14(12-28-2)9-19(24-26)25-11-17-15(21(25)27)6-7-16(23-17)13-8-18(29-3)20(30-4)22-10-13/h6-10H,5,11-12H2,1-4H3. The second-order valence-corrected chi connectivity index (χ2v) is 6.76. The van der Waals surface area contributed by atoms with Gasteiger partial charge in [-0.3, -0.25) is 19.4 Å². The summed E-state index contributed by atoms with van der Waals surface area (Å²) in [5.74, 6) is 1.41. The van der Waals surface area contributed by atoms with E-state index in [1.54, 1.807) is 31.4 Å². The van der Waals surface area contributed by atoms with Gasteiger partial charge in [-0.25, -0.2) is 4.98 Å². The first kappa shape index (κ1) is 19.8. The van der Waals surface area contributed by atoms with Gasteiger partial charge in [0.1, 0.15) is 0 Å². The zero-order valence-electron chi connectivity index (χ0n) is 17.4. The summed E-state index contributed by atoms with van der Waals surface area (Å²) >= 11 is 0. The monoisotopic (exact) mass is 409 g/mol. The van der Waals surface area contributed by atoms with Crippen molar-refractivity contribution < 1.29 is 19.0 Å². The first-order valence-electron chi connectivity index (χ1n) is 9.55. The Morgan fingerprint density at radius 3 is 2.67 bits per heavy atom. The zero-order valence-corrected chi connectivity index (χ0v) is 17.4. The summed E-state index contributed by atoms with van der Waals surface area (Å²) in [6.45, 7) is 3.49. The fourth-order valence-corrected chi connectivity index (χ4v) is 3.51. The Morgan fingerprint density at radius 1 is 1.13 bits per heavy atom. The van der Waals surface area contributed by atoms with E-state index in [1.165, 1.54) is 7.11 Å². The average Bonchev–Trinajstić information content (AvgIpc) is 3.33. The van der Waals surface area contributed by atoms with Crippen molar-refractivity contribution in [1.82, 2.24) is 19.7 Å². The van der Waals surface area contributed by atoms with Crippen molar-refractivity contribution in [2.45, 2.75) is 26.6 Å². The van der Waals surface area contributed by atoms with E-state index >= 15 is 0 Å². The minimum atomic E-state index is -0.112. The van der Waals surface area contributed by atoms with Crippen LogP contribution in [0, 0.1) is 0 Å². The summed E-state index contributed by atoms with van der Waals surface area (Å²) in [5, 5.41) is 4.56. The van der Waals surface area contributed by atoms with Crippen molar-refractivity contribution in [2.75, 3.05) is 26.2 Å². The van der Waals surface area contributed by atoms with Crippen molar-refractivity contribution >= 4 is 11.7 Å². The number of rotatable bonds is 7. The maximum absolute atomic E-state index is 13.0. The van der Waals surface area contributed by atoms with E-state index in [0.717, 1.165) is 11.3 Å². The Kier molecular flexibility index (Phi) is 5.37. The van der Waals surface area contributed by atoms with Crippen LogP contribution in [0.4, 0.5) is 5.82 Å². The second-order valence-electron chi connectivity index (χ2n) is 6.76. The second kappa shape index (κ2) is 8.11. The van der Waals surface area contributed by atoms with Gasteiger partial charge < -0.3 is 14.2 Å². The van der Waals surface area contributed by atoms with Gasteiger partial charge in [0.15, 0.2) is 11.6 Å². The van der Waals surface area contributed by atoms with E-state index in [-0.39, 0.29) is 5.91 Å². The number of aromatic nitrogens is 4. The molecule has 0 bridgehead atoms. The van der Waals surface area contributed by atoms with Crippen LogP contribution in [-0.2, 0) is 24.4 Å². The fourth-order valence-electron chi connectivity index (χ4n) is 3.51. The maximum Gasteiger partial charge on any atom is 0.261 e. The Balaban J connectivity index is 1.65. The van der Waals surface area contributed by atoms with Crippen LogP contribution < -0.4 is 14.4 Å². The van der Waals surface area contributed by atoms with Gasteiger partial charge >= 0.3 is 0 Å². The topological polar surface area (TPSA) is 91.6 Å². The zero-order chi connectivity index (χ0) is 21.3. The first-order valence-corrected chi connectivity index (χ1v) is 9.55. The van der Waals surface area contributed by atoms with Gasteiger partial charge in [-0.2, -0.15) is 5.10 Å². The summed E-state index contributed by atoms with van der Waals surface area (Å²) in [7, 11) is 4.73. The number of anilines is 1. The highest BCUT2D eigenvalue weighted by Crippen LogP contribution is 2.32. The van der Waals surface area contributed by atoms with E-state index in [2.05, 4.69) is 10.1 Å². The predicted octanol–water partition coefficient (Wildman–Crippen LogP) is 2.68. The number of carbonyl (C=O) groups is 1. The molecule has 156 valence electrons. The molecule has 30 heavy (non-hydrogen) atoms. The molecule has 0 aromatic carbocycles. The van der Waals surface area contributed by atoms with E-state index in [4.69, 9.17) is 19.2 Å². The molecular weight excluding hydrogens is 386 g/mol. The number of aryl methyl sites for hydroxylation is 1. The molecule has 0 atom stereocenters. The number of hydrogen-bond donors (Lipinski definition) is 0. The number of amides is 1. The maximum atomic E-state index is 13.0. The molecule has 0 saturated heterocycles. The van der Waals surface area contributed by atoms with Crippen LogP contribution in [0.25, 0.3) is 11.3 Å². The summed E-state index contributed by atoms with van der Waals surface area (Å²) in [4.78, 5) is 23.6. The van der Waals surface area contributed by atoms with Crippen LogP contribution in [0.2, 0.25) is 0 Å². The van der Waals surface area contributed by atoms with Gasteiger partial charge in [0.2, 0.25) is 0 Å². The Labute approximate surface area is 174 Å². The number of ether oxygens (including phenoxy) is 3. The third kappa shape index (κ3) is 3.37. The smallest absolute Gasteiger partial charge is 0.261 e. The molecular formula is C21H23N5O4. The van der Waals surface area contributed by atoms with Crippen LogP contribution in [0.3, 0.4) is 0 Å². The minimum absolute atomic E-state index is 0.112. The molecule has 0 unspecified atom stereocenters. The van der Waals surface area contributed by atoms with Crippen LogP contribution >= 0.6 is 0 Å². The molecule has 4 rings (SSSR count). The molecule has 9 heteroatoms. The molecule has 9 nitrogen and oxygen atoms in total. The van der Waals surface area contributed by atoms with Crippen LogP contribution in [0.1, 0.15) is 28.7 Å². The molecule has 0 aliphatic carbocycles. The van der Waals surface area contributed by atoms with Gasteiger partial charge in [-0.1, -0.05) is 0 Å². The van der Waals surface area contributed by atoms with Gasteiger partial charge in [-0.15, -0.1) is 0 Å². The highest BCUT2D eigenvalue weighted by molar-refractivity contribution is 6.09. The van der Waals surface area contributed by atoms with Gasteiger partial charge in [0.25, 0.3) is 11.8 Å². The molecule has 3 aromatic rings. The van der Waals surface area contributed by atoms with Crippen molar-refractivity contribution in [2.24, 2.45) is 0 Å². The molecule has 1 aliphatic heterocycles. The van der Waals surface area contributed by atoms with E-state index in [9.17, 15) is 4.79 Å². The lowest BCUT2D eigenvalue weighted by Gasteiger charge is -2.11. The lowest BCUT2D eigenvalue weighted by Crippen LogP contribution is -2.23. The highest BCUT2D eigenvalue weighted by Gasteiger charge is 2.32. The lowest BCUT2D eigenvalue weighted by atomic mass is 10.1. The number of hydrogen-bond acceptors (Lipinski definition) is 7. The minimum Gasteiger partial charge on any atom is -0.491 e. The third-order valence-electron chi connectivity index (χ3n) is 5.00. The lowest BCUT2D eigenvalue weighted by molar-refractivity contribution is 0.0995. The molecule has 3 aromatic heterocycles. The molecule has 0 fully saturated rings. The quantitative estimate of drug-likeness (QED) is 0.592. The summed E-state index contributed by atoms with van der Waals surface area (Å²) in [5.41, 5.74) is 3.68. The molecule has 1 amide bonds. The van der Waals surface area contributed by atoms with Crippen LogP contribution in [0.15, 0.2) is 30.5 Å². The predicted molar refractivity (Wildman–Crippen MR) is 110 cm³/mol. The Hall–Kier alpha value is -3.46.